The van der Waals surface area contributed by atoms with E-state index in [4.69, 9.17) is 4.98 Å². The highest BCUT2D eigenvalue weighted by Crippen LogP contribution is 2.19. The van der Waals surface area contributed by atoms with Crippen LogP contribution in [-0.2, 0) is 6.54 Å². The van der Waals surface area contributed by atoms with Gasteiger partial charge in [0, 0.05) is 31.9 Å². The lowest BCUT2D eigenvalue weighted by molar-refractivity contribution is 0.327. The first-order chi connectivity index (χ1) is 9.24. The smallest absolute Gasteiger partial charge is 0.147 e. The van der Waals surface area contributed by atoms with Gasteiger partial charge in [-0.2, -0.15) is 0 Å². The van der Waals surface area contributed by atoms with Crippen LogP contribution in [0.25, 0.3) is 0 Å². The van der Waals surface area contributed by atoms with E-state index >= 15 is 0 Å². The van der Waals surface area contributed by atoms with Gasteiger partial charge in [-0.25, -0.2) is 4.98 Å². The Labute approximate surface area is 116 Å². The van der Waals surface area contributed by atoms with Gasteiger partial charge in [0.15, 0.2) is 0 Å². The second-order valence-corrected chi connectivity index (χ2v) is 5.27. The van der Waals surface area contributed by atoms with Crippen molar-refractivity contribution in [2.24, 2.45) is 0 Å². The monoisotopic (exact) mass is 263 g/mol. The molecular formula is C14H25N5. The first kappa shape index (κ1) is 14.2. The van der Waals surface area contributed by atoms with Crippen molar-refractivity contribution >= 4 is 5.82 Å². The molecule has 0 aromatic carbocycles. The van der Waals surface area contributed by atoms with Crippen molar-refractivity contribution in [2.75, 3.05) is 38.6 Å². The lowest BCUT2D eigenvalue weighted by Gasteiger charge is -2.31. The summed E-state index contributed by atoms with van der Waals surface area (Å²) >= 11 is 0. The maximum atomic E-state index is 4.73. The van der Waals surface area contributed by atoms with E-state index in [1.165, 1.54) is 6.42 Å². The molecule has 2 heterocycles. The van der Waals surface area contributed by atoms with Crippen LogP contribution in [0.15, 0.2) is 12.4 Å². The second-order valence-electron chi connectivity index (χ2n) is 5.27. The van der Waals surface area contributed by atoms with Crippen molar-refractivity contribution in [3.8, 4) is 0 Å². The Morgan fingerprint density at radius 1 is 1.37 bits per heavy atom. The van der Waals surface area contributed by atoms with Crippen molar-refractivity contribution in [3.63, 3.8) is 0 Å². The number of aromatic nitrogens is 2. The SMILES string of the molecule is CCC1CN(C)CCCN1c1cncc(CNC)n1. The third kappa shape index (κ3) is 3.64. The summed E-state index contributed by atoms with van der Waals surface area (Å²) in [6.07, 6.45) is 6.06. The average Bonchev–Trinajstić information content (AvgIpc) is 2.61. The largest absolute Gasteiger partial charge is 0.351 e. The van der Waals surface area contributed by atoms with Gasteiger partial charge < -0.3 is 15.1 Å². The molecule has 1 aliphatic heterocycles. The minimum Gasteiger partial charge on any atom is -0.351 e. The van der Waals surface area contributed by atoms with Crippen molar-refractivity contribution in [1.29, 1.82) is 0 Å². The molecule has 5 heteroatoms. The van der Waals surface area contributed by atoms with Crippen LogP contribution in [0.5, 0.6) is 0 Å². The standard InChI is InChI=1S/C14H25N5/c1-4-13-11-18(3)6-5-7-19(13)14-10-16-9-12(17-14)8-15-2/h9-10,13,15H,4-8,11H2,1-3H3. The van der Waals surface area contributed by atoms with Gasteiger partial charge in [-0.3, -0.25) is 4.98 Å². The molecule has 1 fully saturated rings. The average molecular weight is 263 g/mol. The van der Waals surface area contributed by atoms with Crippen LogP contribution in [-0.4, -0.2) is 54.6 Å². The van der Waals surface area contributed by atoms with Crippen molar-refractivity contribution in [1.82, 2.24) is 20.2 Å². The number of nitrogens with one attached hydrogen (secondary N) is 1. The van der Waals surface area contributed by atoms with E-state index < -0.39 is 0 Å². The number of rotatable bonds is 4. The maximum Gasteiger partial charge on any atom is 0.147 e. The summed E-state index contributed by atoms with van der Waals surface area (Å²) in [6.45, 7) is 6.36. The number of hydrogen-bond donors (Lipinski definition) is 1. The summed E-state index contributed by atoms with van der Waals surface area (Å²) in [5.74, 6) is 1.02. The molecule has 0 amide bonds. The van der Waals surface area contributed by atoms with Gasteiger partial charge in [0.25, 0.3) is 0 Å². The first-order valence-electron chi connectivity index (χ1n) is 7.15. The van der Waals surface area contributed by atoms with Gasteiger partial charge in [0.1, 0.15) is 5.82 Å². The molecule has 1 aromatic rings. The molecule has 1 aliphatic rings. The molecule has 0 bridgehead atoms. The summed E-state index contributed by atoms with van der Waals surface area (Å²) < 4.78 is 0. The Kier molecular flexibility index (Phi) is 5.10. The van der Waals surface area contributed by atoms with Crippen molar-refractivity contribution in [2.45, 2.75) is 32.4 Å². The third-order valence-electron chi connectivity index (χ3n) is 3.70. The molecule has 1 saturated heterocycles. The Hall–Kier alpha value is -1.20. The fourth-order valence-electron chi connectivity index (χ4n) is 2.69. The van der Waals surface area contributed by atoms with Gasteiger partial charge in [-0.1, -0.05) is 6.92 Å². The molecule has 1 aromatic heterocycles. The molecule has 0 saturated carbocycles. The van der Waals surface area contributed by atoms with E-state index in [1.807, 2.05) is 19.4 Å². The van der Waals surface area contributed by atoms with E-state index in [1.54, 1.807) is 0 Å². The Morgan fingerprint density at radius 3 is 2.95 bits per heavy atom. The fourth-order valence-corrected chi connectivity index (χ4v) is 2.69. The number of hydrogen-bond acceptors (Lipinski definition) is 5. The van der Waals surface area contributed by atoms with E-state index in [0.717, 1.165) is 44.1 Å². The number of nitrogens with zero attached hydrogens (tertiary/aromatic N) is 4. The molecule has 0 spiro atoms. The zero-order valence-electron chi connectivity index (χ0n) is 12.3. The summed E-state index contributed by atoms with van der Waals surface area (Å²) in [7, 11) is 4.14. The van der Waals surface area contributed by atoms with Crippen LogP contribution in [0.2, 0.25) is 0 Å². The highest BCUT2D eigenvalue weighted by molar-refractivity contribution is 5.38. The maximum absolute atomic E-state index is 4.73. The minimum atomic E-state index is 0.534. The molecule has 1 unspecified atom stereocenters. The van der Waals surface area contributed by atoms with E-state index in [0.29, 0.717) is 6.04 Å². The predicted molar refractivity (Wildman–Crippen MR) is 78.3 cm³/mol. The molecule has 1 N–H and O–H groups in total. The van der Waals surface area contributed by atoms with E-state index in [2.05, 4.69) is 34.1 Å². The van der Waals surface area contributed by atoms with Gasteiger partial charge in [-0.05, 0) is 33.5 Å². The number of likely N-dealkylation sites (N-methyl/N-ethyl adjacent to an activating group) is 1. The molecule has 0 aliphatic carbocycles. The van der Waals surface area contributed by atoms with Crippen LogP contribution in [0, 0.1) is 0 Å². The predicted octanol–water partition coefficient (Wildman–Crippen LogP) is 1.12. The molecule has 106 valence electrons. The van der Waals surface area contributed by atoms with Crippen LogP contribution in [0.1, 0.15) is 25.5 Å². The van der Waals surface area contributed by atoms with E-state index in [9.17, 15) is 0 Å². The van der Waals surface area contributed by atoms with Gasteiger partial charge in [-0.15, -0.1) is 0 Å². The fraction of sp³-hybridized carbons (Fsp3) is 0.714. The Morgan fingerprint density at radius 2 is 2.21 bits per heavy atom. The van der Waals surface area contributed by atoms with Gasteiger partial charge in [0.2, 0.25) is 0 Å². The minimum absolute atomic E-state index is 0.534. The Balaban J connectivity index is 2.19. The van der Waals surface area contributed by atoms with Crippen LogP contribution in [0.3, 0.4) is 0 Å². The van der Waals surface area contributed by atoms with Crippen molar-refractivity contribution in [3.05, 3.63) is 18.1 Å². The highest BCUT2D eigenvalue weighted by Gasteiger charge is 2.23. The lowest BCUT2D eigenvalue weighted by atomic mass is 10.2. The molecule has 0 radical (unpaired) electrons. The van der Waals surface area contributed by atoms with Crippen LogP contribution >= 0.6 is 0 Å². The van der Waals surface area contributed by atoms with Crippen LogP contribution in [0.4, 0.5) is 5.82 Å². The van der Waals surface area contributed by atoms with E-state index in [-0.39, 0.29) is 0 Å². The summed E-state index contributed by atoms with van der Waals surface area (Å²) in [5.41, 5.74) is 1.01. The molecule has 2 rings (SSSR count). The molecular weight excluding hydrogens is 238 g/mol. The lowest BCUT2D eigenvalue weighted by Crippen LogP contribution is -2.40. The number of anilines is 1. The molecule has 5 nitrogen and oxygen atoms in total. The quantitative estimate of drug-likeness (QED) is 0.882. The third-order valence-corrected chi connectivity index (χ3v) is 3.70. The van der Waals surface area contributed by atoms with Gasteiger partial charge in [0.05, 0.1) is 11.9 Å². The summed E-state index contributed by atoms with van der Waals surface area (Å²) in [4.78, 5) is 13.9. The second kappa shape index (κ2) is 6.82. The Bertz CT molecular complexity index is 395. The van der Waals surface area contributed by atoms with Crippen molar-refractivity contribution < 1.29 is 0 Å². The normalized spacial score (nSPS) is 21.4. The zero-order chi connectivity index (χ0) is 13.7. The van der Waals surface area contributed by atoms with Crippen LogP contribution < -0.4 is 10.2 Å². The van der Waals surface area contributed by atoms with Gasteiger partial charge >= 0.3 is 0 Å². The summed E-state index contributed by atoms with van der Waals surface area (Å²) in [5, 5.41) is 3.13. The highest BCUT2D eigenvalue weighted by atomic mass is 15.3. The summed E-state index contributed by atoms with van der Waals surface area (Å²) in [6, 6.07) is 0.534. The molecule has 1 atom stereocenters. The first-order valence-corrected chi connectivity index (χ1v) is 7.15. The molecule has 19 heavy (non-hydrogen) atoms. The topological polar surface area (TPSA) is 44.3 Å². The zero-order valence-corrected chi connectivity index (χ0v) is 12.3.